The Kier molecular flexibility index (Phi) is 2.42. The average Bonchev–Trinajstić information content (AvgIpc) is 2.18. The number of aromatic nitrogens is 1. The molecule has 0 unspecified atom stereocenters. The van der Waals surface area contributed by atoms with Crippen LogP contribution in [0.15, 0.2) is 24.4 Å². The van der Waals surface area contributed by atoms with E-state index in [0.29, 0.717) is 0 Å². The van der Waals surface area contributed by atoms with Crippen molar-refractivity contribution in [2.45, 2.75) is 19.4 Å². The minimum absolute atomic E-state index is 0.159. The van der Waals surface area contributed by atoms with E-state index >= 15 is 0 Å². The zero-order chi connectivity index (χ0) is 10.0. The molecule has 0 bridgehead atoms. The van der Waals surface area contributed by atoms with Crippen molar-refractivity contribution in [3.8, 4) is 0 Å². The van der Waals surface area contributed by atoms with Crippen LogP contribution in [0.25, 0.3) is 0 Å². The molecule has 1 aliphatic rings. The van der Waals surface area contributed by atoms with E-state index in [-0.39, 0.29) is 5.54 Å². The molecule has 1 aromatic heterocycles. The summed E-state index contributed by atoms with van der Waals surface area (Å²) < 4.78 is 0. The lowest BCUT2D eigenvalue weighted by Crippen LogP contribution is -2.58. The number of hydrogen-bond acceptors (Lipinski definition) is 3. The molecule has 1 aliphatic heterocycles. The van der Waals surface area contributed by atoms with E-state index in [1.165, 1.54) is 0 Å². The maximum atomic E-state index is 4.40. The van der Waals surface area contributed by atoms with Crippen LogP contribution in [-0.2, 0) is 0 Å². The van der Waals surface area contributed by atoms with Gasteiger partial charge >= 0.3 is 0 Å². The van der Waals surface area contributed by atoms with E-state index in [9.17, 15) is 0 Å². The molecule has 0 radical (unpaired) electrons. The van der Waals surface area contributed by atoms with Gasteiger partial charge in [0.1, 0.15) is 5.82 Å². The van der Waals surface area contributed by atoms with Crippen LogP contribution in [0.1, 0.15) is 13.8 Å². The first-order valence-corrected chi connectivity index (χ1v) is 5.09. The second-order valence-electron chi connectivity index (χ2n) is 4.33. The predicted molar refractivity (Wildman–Crippen MR) is 58.5 cm³/mol. The monoisotopic (exact) mass is 191 g/mol. The first-order chi connectivity index (χ1) is 6.70. The van der Waals surface area contributed by atoms with Crippen LogP contribution in [0.3, 0.4) is 0 Å². The Morgan fingerprint density at radius 2 is 2.29 bits per heavy atom. The molecule has 0 aliphatic carbocycles. The van der Waals surface area contributed by atoms with Crippen LogP contribution >= 0.6 is 0 Å². The van der Waals surface area contributed by atoms with Crippen molar-refractivity contribution in [1.82, 2.24) is 10.3 Å². The number of nitrogens with zero attached hydrogens (tertiary/aromatic N) is 2. The highest BCUT2D eigenvalue weighted by molar-refractivity contribution is 5.42. The fourth-order valence-electron chi connectivity index (χ4n) is 1.92. The van der Waals surface area contributed by atoms with Gasteiger partial charge in [-0.2, -0.15) is 0 Å². The molecule has 1 fully saturated rings. The summed E-state index contributed by atoms with van der Waals surface area (Å²) in [4.78, 5) is 6.76. The Balaban J connectivity index is 2.24. The molecule has 3 heteroatoms. The molecule has 2 rings (SSSR count). The van der Waals surface area contributed by atoms with Crippen molar-refractivity contribution in [3.63, 3.8) is 0 Å². The molecule has 1 N–H and O–H groups in total. The van der Waals surface area contributed by atoms with Gasteiger partial charge in [0.25, 0.3) is 0 Å². The molecule has 0 spiro atoms. The highest BCUT2D eigenvalue weighted by atomic mass is 15.3. The third kappa shape index (κ3) is 1.73. The minimum Gasteiger partial charge on any atom is -0.349 e. The van der Waals surface area contributed by atoms with Crippen molar-refractivity contribution < 1.29 is 0 Å². The fraction of sp³-hybridized carbons (Fsp3) is 0.545. The van der Waals surface area contributed by atoms with Crippen molar-refractivity contribution >= 4 is 5.82 Å². The van der Waals surface area contributed by atoms with E-state index in [0.717, 1.165) is 25.5 Å². The lowest BCUT2D eigenvalue weighted by Gasteiger charge is -2.43. The van der Waals surface area contributed by atoms with Crippen LogP contribution in [-0.4, -0.2) is 30.2 Å². The van der Waals surface area contributed by atoms with Gasteiger partial charge in [-0.15, -0.1) is 0 Å². The first-order valence-electron chi connectivity index (χ1n) is 5.09. The van der Waals surface area contributed by atoms with Crippen molar-refractivity contribution in [2.75, 3.05) is 24.5 Å². The molecule has 76 valence electrons. The van der Waals surface area contributed by atoms with E-state index in [1.54, 1.807) is 0 Å². The topological polar surface area (TPSA) is 28.2 Å². The Morgan fingerprint density at radius 3 is 2.93 bits per heavy atom. The summed E-state index contributed by atoms with van der Waals surface area (Å²) in [6.45, 7) is 7.58. The normalized spacial score (nSPS) is 20.9. The van der Waals surface area contributed by atoms with E-state index in [1.807, 2.05) is 18.3 Å². The van der Waals surface area contributed by atoms with Gasteiger partial charge in [-0.1, -0.05) is 6.07 Å². The molecule has 2 heterocycles. The maximum absolute atomic E-state index is 4.40. The van der Waals surface area contributed by atoms with Gasteiger partial charge in [0.15, 0.2) is 0 Å². The SMILES string of the molecule is CC1(C)CNCCN1c1ccccn1. The molecule has 1 saturated heterocycles. The summed E-state index contributed by atoms with van der Waals surface area (Å²) in [5.41, 5.74) is 0.159. The summed E-state index contributed by atoms with van der Waals surface area (Å²) in [5.74, 6) is 1.08. The van der Waals surface area contributed by atoms with Gasteiger partial charge in [0.2, 0.25) is 0 Å². The molecule has 0 amide bonds. The summed E-state index contributed by atoms with van der Waals surface area (Å²) >= 11 is 0. The van der Waals surface area contributed by atoms with Gasteiger partial charge in [0.05, 0.1) is 0 Å². The van der Waals surface area contributed by atoms with Crippen LogP contribution in [0.4, 0.5) is 5.82 Å². The van der Waals surface area contributed by atoms with Gasteiger partial charge < -0.3 is 10.2 Å². The Morgan fingerprint density at radius 1 is 1.43 bits per heavy atom. The van der Waals surface area contributed by atoms with Crippen molar-refractivity contribution in [3.05, 3.63) is 24.4 Å². The fourth-order valence-corrected chi connectivity index (χ4v) is 1.92. The van der Waals surface area contributed by atoms with Crippen molar-refractivity contribution in [1.29, 1.82) is 0 Å². The van der Waals surface area contributed by atoms with Crippen molar-refractivity contribution in [2.24, 2.45) is 0 Å². The average molecular weight is 191 g/mol. The minimum atomic E-state index is 0.159. The first kappa shape index (κ1) is 9.46. The Labute approximate surface area is 85.1 Å². The second kappa shape index (κ2) is 3.58. The number of rotatable bonds is 1. The second-order valence-corrected chi connectivity index (χ2v) is 4.33. The Bertz CT molecular complexity index is 295. The summed E-state index contributed by atoms with van der Waals surface area (Å²) in [6, 6.07) is 6.08. The smallest absolute Gasteiger partial charge is 0.128 e. The lowest BCUT2D eigenvalue weighted by atomic mass is 10.0. The number of piperazine rings is 1. The summed E-state index contributed by atoms with van der Waals surface area (Å²) in [7, 11) is 0. The van der Waals surface area contributed by atoms with Gasteiger partial charge in [0, 0.05) is 31.4 Å². The molecule has 0 aromatic carbocycles. The maximum Gasteiger partial charge on any atom is 0.128 e. The molecule has 3 nitrogen and oxygen atoms in total. The highest BCUT2D eigenvalue weighted by Crippen LogP contribution is 2.22. The quantitative estimate of drug-likeness (QED) is 0.724. The van der Waals surface area contributed by atoms with Crippen LogP contribution in [0.5, 0.6) is 0 Å². The molecular formula is C11H17N3. The van der Waals surface area contributed by atoms with Crippen LogP contribution < -0.4 is 10.2 Å². The number of anilines is 1. The molecule has 1 aromatic rings. The zero-order valence-electron chi connectivity index (χ0n) is 8.83. The number of pyridine rings is 1. The molecule has 0 saturated carbocycles. The van der Waals surface area contributed by atoms with Crippen LogP contribution in [0.2, 0.25) is 0 Å². The third-order valence-corrected chi connectivity index (χ3v) is 2.73. The zero-order valence-corrected chi connectivity index (χ0v) is 8.83. The third-order valence-electron chi connectivity index (χ3n) is 2.73. The van der Waals surface area contributed by atoms with E-state index < -0.39 is 0 Å². The van der Waals surface area contributed by atoms with Gasteiger partial charge in [-0.3, -0.25) is 0 Å². The Hall–Kier alpha value is -1.09. The standard InChI is InChI=1S/C11H17N3/c1-11(2)9-12-7-8-14(11)10-5-3-4-6-13-10/h3-6,12H,7-9H2,1-2H3. The molecule has 0 atom stereocenters. The molecular weight excluding hydrogens is 174 g/mol. The van der Waals surface area contributed by atoms with Gasteiger partial charge in [-0.05, 0) is 26.0 Å². The summed E-state index contributed by atoms with van der Waals surface area (Å²) in [5, 5.41) is 3.41. The number of nitrogens with one attached hydrogen (secondary N) is 1. The number of hydrogen-bond donors (Lipinski definition) is 1. The van der Waals surface area contributed by atoms with Gasteiger partial charge in [-0.25, -0.2) is 4.98 Å². The molecule has 14 heavy (non-hydrogen) atoms. The van der Waals surface area contributed by atoms with E-state index in [2.05, 4.69) is 35.1 Å². The van der Waals surface area contributed by atoms with E-state index in [4.69, 9.17) is 0 Å². The lowest BCUT2D eigenvalue weighted by molar-refractivity contribution is 0.378. The predicted octanol–water partition coefficient (Wildman–Crippen LogP) is 1.27. The summed E-state index contributed by atoms with van der Waals surface area (Å²) in [6.07, 6.45) is 1.85. The highest BCUT2D eigenvalue weighted by Gasteiger charge is 2.30. The largest absolute Gasteiger partial charge is 0.349 e. The van der Waals surface area contributed by atoms with Crippen LogP contribution in [0, 0.1) is 0 Å².